The van der Waals surface area contributed by atoms with Crippen LogP contribution in [0.2, 0.25) is 0 Å². The summed E-state index contributed by atoms with van der Waals surface area (Å²) in [6, 6.07) is 0. The SMILES string of the molecule is CCCCCC/C=C\CCCCCCCCCC(=O)OCC(COC(=O)CC/C=C\C/C=C\CCCCCCCC)OC(=O)CCCCC/C=C\CCCCCCCCC. The van der Waals surface area contributed by atoms with Gasteiger partial charge < -0.3 is 14.2 Å². The van der Waals surface area contributed by atoms with Gasteiger partial charge in [-0.15, -0.1) is 0 Å². The van der Waals surface area contributed by atoms with Crippen LogP contribution in [0.25, 0.3) is 0 Å². The molecule has 0 N–H and O–H groups in total. The Balaban J connectivity index is 4.45. The summed E-state index contributed by atoms with van der Waals surface area (Å²) in [4.78, 5) is 37.9. The van der Waals surface area contributed by atoms with Crippen LogP contribution in [-0.4, -0.2) is 37.2 Å². The first-order chi connectivity index (χ1) is 29.5. The first kappa shape index (κ1) is 57.4. The molecule has 0 bridgehead atoms. The van der Waals surface area contributed by atoms with Crippen molar-refractivity contribution in [3.63, 3.8) is 0 Å². The van der Waals surface area contributed by atoms with E-state index in [9.17, 15) is 14.4 Å². The van der Waals surface area contributed by atoms with Gasteiger partial charge in [-0.25, -0.2) is 0 Å². The van der Waals surface area contributed by atoms with Crippen LogP contribution in [0.5, 0.6) is 0 Å². The molecule has 0 aromatic heterocycles. The van der Waals surface area contributed by atoms with E-state index in [0.29, 0.717) is 19.3 Å². The first-order valence-corrected chi connectivity index (χ1v) is 25.6. The second-order valence-corrected chi connectivity index (χ2v) is 17.1. The highest BCUT2D eigenvalue weighted by atomic mass is 16.6. The first-order valence-electron chi connectivity index (χ1n) is 25.6. The van der Waals surface area contributed by atoms with Gasteiger partial charge in [-0.2, -0.15) is 0 Å². The Bertz CT molecular complexity index is 1060. The average molecular weight is 841 g/mol. The third-order valence-electron chi connectivity index (χ3n) is 11.0. The number of ether oxygens (including phenoxy) is 3. The van der Waals surface area contributed by atoms with E-state index in [1.165, 1.54) is 148 Å². The zero-order valence-electron chi connectivity index (χ0n) is 39.7. The second-order valence-electron chi connectivity index (χ2n) is 17.1. The molecule has 0 aromatic rings. The highest BCUT2D eigenvalue weighted by molar-refractivity contribution is 5.71. The minimum atomic E-state index is -0.803. The van der Waals surface area contributed by atoms with E-state index in [1.54, 1.807) is 0 Å². The summed E-state index contributed by atoms with van der Waals surface area (Å²) in [7, 11) is 0. The Morgan fingerprint density at radius 3 is 1.07 bits per heavy atom. The van der Waals surface area contributed by atoms with Crippen LogP contribution < -0.4 is 0 Å². The molecule has 60 heavy (non-hydrogen) atoms. The lowest BCUT2D eigenvalue weighted by molar-refractivity contribution is -0.166. The van der Waals surface area contributed by atoms with Gasteiger partial charge in [0.2, 0.25) is 0 Å². The van der Waals surface area contributed by atoms with Gasteiger partial charge in [-0.1, -0.05) is 198 Å². The molecular formula is C54H96O6. The number of hydrogen-bond acceptors (Lipinski definition) is 6. The predicted molar refractivity (Wildman–Crippen MR) is 256 cm³/mol. The fraction of sp³-hybridized carbons (Fsp3) is 0.796. The van der Waals surface area contributed by atoms with Gasteiger partial charge in [-0.3, -0.25) is 14.4 Å². The molecule has 0 saturated heterocycles. The summed E-state index contributed by atoms with van der Waals surface area (Å²) < 4.78 is 16.7. The largest absolute Gasteiger partial charge is 0.462 e. The molecule has 1 unspecified atom stereocenters. The van der Waals surface area contributed by atoms with E-state index >= 15 is 0 Å². The molecule has 348 valence electrons. The molecule has 0 saturated carbocycles. The normalized spacial score (nSPS) is 12.4. The van der Waals surface area contributed by atoms with Gasteiger partial charge in [0.25, 0.3) is 0 Å². The maximum absolute atomic E-state index is 12.8. The molecule has 0 aromatic carbocycles. The number of carbonyl (C=O) groups excluding carboxylic acids is 3. The lowest BCUT2D eigenvalue weighted by atomic mass is 10.1. The lowest BCUT2D eigenvalue weighted by Crippen LogP contribution is -2.30. The lowest BCUT2D eigenvalue weighted by Gasteiger charge is -2.18. The van der Waals surface area contributed by atoms with Crippen LogP contribution in [0.15, 0.2) is 48.6 Å². The van der Waals surface area contributed by atoms with Gasteiger partial charge in [0.05, 0.1) is 0 Å². The van der Waals surface area contributed by atoms with Crippen molar-refractivity contribution in [1.82, 2.24) is 0 Å². The van der Waals surface area contributed by atoms with Gasteiger partial charge in [-0.05, 0) is 89.9 Å². The molecule has 0 radical (unpaired) electrons. The van der Waals surface area contributed by atoms with Crippen LogP contribution >= 0.6 is 0 Å². The van der Waals surface area contributed by atoms with Crippen LogP contribution in [-0.2, 0) is 28.6 Å². The quantitative estimate of drug-likeness (QED) is 0.0263. The zero-order valence-corrected chi connectivity index (χ0v) is 39.7. The summed E-state index contributed by atoms with van der Waals surface area (Å²) in [6.45, 7) is 6.55. The molecule has 0 rings (SSSR count). The van der Waals surface area contributed by atoms with Crippen LogP contribution in [0.3, 0.4) is 0 Å². The van der Waals surface area contributed by atoms with Crippen molar-refractivity contribution < 1.29 is 28.6 Å². The van der Waals surface area contributed by atoms with E-state index in [1.807, 2.05) is 6.08 Å². The van der Waals surface area contributed by atoms with Crippen LogP contribution in [0.1, 0.15) is 258 Å². The highest BCUT2D eigenvalue weighted by Crippen LogP contribution is 2.14. The third-order valence-corrected chi connectivity index (χ3v) is 11.0. The Morgan fingerprint density at radius 1 is 0.333 bits per heavy atom. The smallest absolute Gasteiger partial charge is 0.306 e. The minimum Gasteiger partial charge on any atom is -0.462 e. The summed E-state index contributed by atoms with van der Waals surface area (Å²) in [5, 5.41) is 0. The molecule has 0 fully saturated rings. The van der Waals surface area contributed by atoms with Crippen molar-refractivity contribution in [3.8, 4) is 0 Å². The van der Waals surface area contributed by atoms with Gasteiger partial charge in [0.1, 0.15) is 13.2 Å². The van der Waals surface area contributed by atoms with Gasteiger partial charge in [0, 0.05) is 19.3 Å². The molecule has 0 aliphatic carbocycles. The van der Waals surface area contributed by atoms with Crippen LogP contribution in [0.4, 0.5) is 0 Å². The summed E-state index contributed by atoms with van der Waals surface area (Å²) in [6.07, 6.45) is 58.2. The average Bonchev–Trinajstić information content (AvgIpc) is 3.24. The van der Waals surface area contributed by atoms with E-state index in [2.05, 4.69) is 63.3 Å². The summed E-state index contributed by atoms with van der Waals surface area (Å²) in [5.41, 5.74) is 0. The van der Waals surface area contributed by atoms with Gasteiger partial charge in [0.15, 0.2) is 6.10 Å². The number of unbranched alkanes of at least 4 members (excludes halogenated alkanes) is 27. The van der Waals surface area contributed by atoms with Crippen molar-refractivity contribution in [2.75, 3.05) is 13.2 Å². The predicted octanol–water partition coefficient (Wildman–Crippen LogP) is 16.7. The Hall–Kier alpha value is -2.63. The Kier molecular flexibility index (Phi) is 46.9. The maximum atomic E-state index is 12.8. The zero-order chi connectivity index (χ0) is 43.7. The van der Waals surface area contributed by atoms with E-state index in [0.717, 1.165) is 64.2 Å². The van der Waals surface area contributed by atoms with Crippen molar-refractivity contribution in [2.45, 2.75) is 264 Å². The topological polar surface area (TPSA) is 78.9 Å². The fourth-order valence-corrected chi connectivity index (χ4v) is 7.13. The van der Waals surface area contributed by atoms with Gasteiger partial charge >= 0.3 is 17.9 Å². The number of esters is 3. The molecule has 1 atom stereocenters. The molecular weight excluding hydrogens is 745 g/mol. The highest BCUT2D eigenvalue weighted by Gasteiger charge is 2.19. The van der Waals surface area contributed by atoms with Crippen molar-refractivity contribution in [3.05, 3.63) is 48.6 Å². The maximum Gasteiger partial charge on any atom is 0.306 e. The second kappa shape index (κ2) is 49.0. The fourth-order valence-electron chi connectivity index (χ4n) is 7.13. The molecule has 0 aliphatic rings. The van der Waals surface area contributed by atoms with E-state index in [4.69, 9.17) is 14.2 Å². The monoisotopic (exact) mass is 841 g/mol. The van der Waals surface area contributed by atoms with Crippen molar-refractivity contribution >= 4 is 17.9 Å². The third kappa shape index (κ3) is 46.4. The number of allylic oxidation sites excluding steroid dienone is 8. The number of carbonyl (C=O) groups is 3. The molecule has 0 heterocycles. The minimum absolute atomic E-state index is 0.0977. The number of rotatable bonds is 46. The standard InChI is InChI=1S/C54H96O6/c1-4-7-10-13-16-19-22-25-27-30-32-35-38-41-44-47-53(56)59-50-51(49-58-52(55)46-43-40-37-34-31-28-24-21-18-15-12-9-6-3)60-54(57)48-45-42-39-36-33-29-26-23-20-17-14-11-8-5-2/h19,22,28-29,31,33,37,40,51H,4-18,20-21,23-27,30,32,34-36,38-39,41-50H2,1-3H3/b22-19-,31-28-,33-29-,40-37-. The molecule has 6 heteroatoms. The summed E-state index contributed by atoms with van der Waals surface area (Å²) >= 11 is 0. The molecule has 0 spiro atoms. The van der Waals surface area contributed by atoms with E-state index in [-0.39, 0.29) is 37.5 Å². The Morgan fingerprint density at radius 2 is 0.633 bits per heavy atom. The molecule has 0 aliphatic heterocycles. The van der Waals surface area contributed by atoms with Crippen molar-refractivity contribution in [1.29, 1.82) is 0 Å². The van der Waals surface area contributed by atoms with Crippen molar-refractivity contribution in [2.24, 2.45) is 0 Å². The molecule has 0 amide bonds. The Labute approximate surface area is 371 Å². The number of hydrogen-bond donors (Lipinski definition) is 0. The molecule has 6 nitrogen and oxygen atoms in total. The van der Waals surface area contributed by atoms with E-state index < -0.39 is 6.10 Å². The summed E-state index contributed by atoms with van der Waals surface area (Å²) in [5.74, 6) is -0.984. The van der Waals surface area contributed by atoms with Crippen LogP contribution in [0, 0.1) is 0 Å².